The second-order valence-electron chi connectivity index (χ2n) is 6.45. The van der Waals surface area contributed by atoms with Gasteiger partial charge in [-0.25, -0.2) is 4.79 Å². The van der Waals surface area contributed by atoms with Gasteiger partial charge in [0, 0.05) is 6.54 Å². The van der Waals surface area contributed by atoms with Gasteiger partial charge in [0.25, 0.3) is 0 Å². The third-order valence-electron chi connectivity index (χ3n) is 3.29. The molecule has 0 bridgehead atoms. The number of carbonyl (C=O) groups is 1. The largest absolute Gasteiger partial charge is 0.444 e. The van der Waals surface area contributed by atoms with Crippen molar-refractivity contribution in [2.24, 2.45) is 0 Å². The molecule has 0 aliphatic carbocycles. The number of anilines is 2. The quantitative estimate of drug-likeness (QED) is 0.839. The lowest BCUT2D eigenvalue weighted by atomic mass is 10.1. The zero-order valence-electron chi connectivity index (χ0n) is 14.1. The van der Waals surface area contributed by atoms with E-state index in [1.54, 1.807) is 0 Å². The molecule has 4 heteroatoms. The van der Waals surface area contributed by atoms with Crippen LogP contribution in [0.3, 0.4) is 0 Å². The van der Waals surface area contributed by atoms with E-state index in [2.05, 4.69) is 29.7 Å². The zero-order valence-corrected chi connectivity index (χ0v) is 14.1. The van der Waals surface area contributed by atoms with Gasteiger partial charge in [-0.2, -0.15) is 0 Å². The third-order valence-corrected chi connectivity index (χ3v) is 3.29. The van der Waals surface area contributed by atoms with Crippen LogP contribution in [-0.2, 0) is 11.3 Å². The molecular weight excluding hydrogens is 288 g/mol. The van der Waals surface area contributed by atoms with Gasteiger partial charge in [-0.3, -0.25) is 5.32 Å². The Morgan fingerprint density at radius 2 is 1.61 bits per heavy atom. The van der Waals surface area contributed by atoms with Gasteiger partial charge in [0.2, 0.25) is 0 Å². The Hall–Kier alpha value is -2.49. The van der Waals surface area contributed by atoms with Crippen molar-refractivity contribution in [1.29, 1.82) is 0 Å². The van der Waals surface area contributed by atoms with Crippen LogP contribution < -0.4 is 10.6 Å². The average Bonchev–Trinajstić information content (AvgIpc) is 2.46. The molecule has 0 unspecified atom stereocenters. The molecule has 0 aromatic heterocycles. The number of para-hydroxylation sites is 2. The molecule has 122 valence electrons. The number of ether oxygens (including phenoxy) is 1. The van der Waals surface area contributed by atoms with Gasteiger partial charge in [-0.05, 0) is 51.0 Å². The van der Waals surface area contributed by atoms with Gasteiger partial charge in [-0.1, -0.05) is 36.4 Å². The summed E-state index contributed by atoms with van der Waals surface area (Å²) in [6.07, 6.45) is -0.456. The summed E-state index contributed by atoms with van der Waals surface area (Å²) in [6, 6.07) is 15.8. The minimum Gasteiger partial charge on any atom is -0.444 e. The first kappa shape index (κ1) is 16.9. The molecule has 2 aromatic carbocycles. The van der Waals surface area contributed by atoms with E-state index in [0.717, 1.165) is 5.69 Å². The van der Waals surface area contributed by atoms with Gasteiger partial charge >= 0.3 is 6.09 Å². The third kappa shape index (κ3) is 5.33. The summed E-state index contributed by atoms with van der Waals surface area (Å²) in [4.78, 5) is 11.9. The van der Waals surface area contributed by atoms with Gasteiger partial charge < -0.3 is 10.1 Å². The number of rotatable bonds is 4. The summed E-state index contributed by atoms with van der Waals surface area (Å²) in [6.45, 7) is 8.31. The molecular formula is C19H24N2O2. The van der Waals surface area contributed by atoms with Crippen LogP contribution >= 0.6 is 0 Å². The van der Waals surface area contributed by atoms with Gasteiger partial charge in [-0.15, -0.1) is 0 Å². The van der Waals surface area contributed by atoms with Crippen molar-refractivity contribution in [3.05, 3.63) is 59.7 Å². The molecule has 0 spiro atoms. The summed E-state index contributed by atoms with van der Waals surface area (Å²) < 4.78 is 5.30. The highest BCUT2D eigenvalue weighted by Crippen LogP contribution is 2.23. The van der Waals surface area contributed by atoms with Crippen molar-refractivity contribution >= 4 is 17.5 Å². The SMILES string of the molecule is Cc1ccccc1CNc1ccccc1NC(=O)OC(C)(C)C. The Balaban J connectivity index is 2.06. The van der Waals surface area contributed by atoms with E-state index in [0.29, 0.717) is 12.2 Å². The van der Waals surface area contributed by atoms with Crippen LogP contribution in [0.2, 0.25) is 0 Å². The van der Waals surface area contributed by atoms with Crippen molar-refractivity contribution in [3.63, 3.8) is 0 Å². The fourth-order valence-corrected chi connectivity index (χ4v) is 2.16. The Morgan fingerprint density at radius 1 is 1.00 bits per heavy atom. The van der Waals surface area contributed by atoms with Crippen LogP contribution in [0.4, 0.5) is 16.2 Å². The van der Waals surface area contributed by atoms with E-state index in [1.165, 1.54) is 11.1 Å². The lowest BCUT2D eigenvalue weighted by Gasteiger charge is -2.20. The number of benzene rings is 2. The molecule has 0 atom stereocenters. The number of hydrogen-bond donors (Lipinski definition) is 2. The number of carbonyl (C=O) groups excluding carboxylic acids is 1. The fourth-order valence-electron chi connectivity index (χ4n) is 2.16. The Kier molecular flexibility index (Phi) is 5.27. The lowest BCUT2D eigenvalue weighted by Crippen LogP contribution is -2.27. The van der Waals surface area contributed by atoms with Crippen molar-refractivity contribution in [2.45, 2.75) is 39.8 Å². The summed E-state index contributed by atoms with van der Waals surface area (Å²) >= 11 is 0. The van der Waals surface area contributed by atoms with Gasteiger partial charge in [0.15, 0.2) is 0 Å². The molecule has 0 fully saturated rings. The van der Waals surface area contributed by atoms with Crippen LogP contribution in [0, 0.1) is 6.92 Å². The van der Waals surface area contributed by atoms with Crippen LogP contribution in [0.25, 0.3) is 0 Å². The summed E-state index contributed by atoms with van der Waals surface area (Å²) in [7, 11) is 0. The number of hydrogen-bond acceptors (Lipinski definition) is 3. The highest BCUT2D eigenvalue weighted by Gasteiger charge is 2.17. The van der Waals surface area contributed by atoms with E-state index < -0.39 is 11.7 Å². The predicted octanol–water partition coefficient (Wildman–Crippen LogP) is 4.95. The molecule has 0 heterocycles. The first-order valence-corrected chi connectivity index (χ1v) is 7.72. The molecule has 2 rings (SSSR count). The molecule has 23 heavy (non-hydrogen) atoms. The normalized spacial score (nSPS) is 11.0. The highest BCUT2D eigenvalue weighted by molar-refractivity contribution is 5.89. The first-order chi connectivity index (χ1) is 10.8. The van der Waals surface area contributed by atoms with Crippen LogP contribution in [0.5, 0.6) is 0 Å². The van der Waals surface area contributed by atoms with Crippen LogP contribution in [-0.4, -0.2) is 11.7 Å². The van der Waals surface area contributed by atoms with E-state index >= 15 is 0 Å². The van der Waals surface area contributed by atoms with E-state index in [4.69, 9.17) is 4.74 Å². The molecule has 1 amide bonds. The lowest BCUT2D eigenvalue weighted by molar-refractivity contribution is 0.0636. The highest BCUT2D eigenvalue weighted by atomic mass is 16.6. The molecule has 0 aliphatic heterocycles. The summed E-state index contributed by atoms with van der Waals surface area (Å²) in [5, 5.41) is 6.16. The van der Waals surface area contributed by atoms with Crippen LogP contribution in [0.1, 0.15) is 31.9 Å². The van der Waals surface area contributed by atoms with Crippen molar-refractivity contribution < 1.29 is 9.53 Å². The number of aryl methyl sites for hydroxylation is 1. The maximum absolute atomic E-state index is 11.9. The minimum atomic E-state index is -0.520. The van der Waals surface area contributed by atoms with E-state index in [9.17, 15) is 4.79 Å². The Bertz CT molecular complexity index is 675. The average molecular weight is 312 g/mol. The van der Waals surface area contributed by atoms with Crippen molar-refractivity contribution in [2.75, 3.05) is 10.6 Å². The summed E-state index contributed by atoms with van der Waals surface area (Å²) in [5.74, 6) is 0. The molecule has 0 aliphatic rings. The fraction of sp³-hybridized carbons (Fsp3) is 0.316. The molecule has 2 N–H and O–H groups in total. The zero-order chi connectivity index (χ0) is 16.9. The molecule has 0 saturated carbocycles. The number of nitrogens with one attached hydrogen (secondary N) is 2. The second kappa shape index (κ2) is 7.18. The standard InChI is InChI=1S/C19H24N2O2/c1-14-9-5-6-10-15(14)13-20-16-11-7-8-12-17(16)21-18(22)23-19(2,3)4/h5-12,20H,13H2,1-4H3,(H,21,22). The smallest absolute Gasteiger partial charge is 0.412 e. The topological polar surface area (TPSA) is 50.4 Å². The Labute approximate surface area is 137 Å². The Morgan fingerprint density at radius 3 is 2.26 bits per heavy atom. The second-order valence-corrected chi connectivity index (χ2v) is 6.45. The maximum Gasteiger partial charge on any atom is 0.412 e. The van der Waals surface area contributed by atoms with Crippen LogP contribution in [0.15, 0.2) is 48.5 Å². The predicted molar refractivity (Wildman–Crippen MR) is 94.8 cm³/mol. The summed E-state index contributed by atoms with van der Waals surface area (Å²) in [5.41, 5.74) is 3.50. The van der Waals surface area contributed by atoms with Gasteiger partial charge in [0.05, 0.1) is 11.4 Å². The molecule has 0 radical (unpaired) electrons. The maximum atomic E-state index is 11.9. The van der Waals surface area contributed by atoms with Crippen molar-refractivity contribution in [3.8, 4) is 0 Å². The monoisotopic (exact) mass is 312 g/mol. The van der Waals surface area contributed by atoms with E-state index in [1.807, 2.05) is 57.2 Å². The minimum absolute atomic E-state index is 0.456. The van der Waals surface area contributed by atoms with E-state index in [-0.39, 0.29) is 0 Å². The molecule has 4 nitrogen and oxygen atoms in total. The molecule has 2 aromatic rings. The van der Waals surface area contributed by atoms with Gasteiger partial charge in [0.1, 0.15) is 5.60 Å². The molecule has 0 saturated heterocycles. The number of amides is 1. The van der Waals surface area contributed by atoms with Crippen molar-refractivity contribution in [1.82, 2.24) is 0 Å². The first-order valence-electron chi connectivity index (χ1n) is 7.72.